The molecule has 0 aliphatic carbocycles. The average molecular weight is 445 g/mol. The summed E-state index contributed by atoms with van der Waals surface area (Å²) >= 11 is 0. The summed E-state index contributed by atoms with van der Waals surface area (Å²) in [7, 11) is 3.97. The van der Waals surface area contributed by atoms with Crippen molar-refractivity contribution < 1.29 is 4.39 Å². The first-order valence-corrected chi connectivity index (χ1v) is 11.2. The van der Waals surface area contributed by atoms with Gasteiger partial charge >= 0.3 is 0 Å². The molecule has 0 atom stereocenters. The molecule has 1 aromatic carbocycles. The second-order valence-electron chi connectivity index (χ2n) is 8.93. The number of fused-ring (bicyclic) bond motifs is 2. The lowest BCUT2D eigenvalue weighted by Gasteiger charge is -2.28. The van der Waals surface area contributed by atoms with E-state index in [1.54, 1.807) is 21.6 Å². The Hall–Kier alpha value is -3.59. The van der Waals surface area contributed by atoms with Gasteiger partial charge in [-0.15, -0.1) is 0 Å². The van der Waals surface area contributed by atoms with Crippen LogP contribution in [0.2, 0.25) is 0 Å². The van der Waals surface area contributed by atoms with Gasteiger partial charge in [-0.25, -0.2) is 13.9 Å². The Morgan fingerprint density at radius 3 is 2.73 bits per heavy atom. The summed E-state index contributed by atoms with van der Waals surface area (Å²) in [5.41, 5.74) is 4.73. The molecule has 5 heterocycles. The predicted molar refractivity (Wildman–Crippen MR) is 123 cm³/mol. The number of likely N-dealkylation sites (tertiary alicyclic amines) is 1. The van der Waals surface area contributed by atoms with E-state index in [9.17, 15) is 4.39 Å². The van der Waals surface area contributed by atoms with Crippen LogP contribution in [0, 0.1) is 5.82 Å². The molecule has 0 unspecified atom stereocenters. The van der Waals surface area contributed by atoms with Gasteiger partial charge in [0.25, 0.3) is 0 Å². The van der Waals surface area contributed by atoms with E-state index in [0.717, 1.165) is 59.4 Å². The van der Waals surface area contributed by atoms with Crippen molar-refractivity contribution in [3.8, 4) is 11.3 Å². The number of nitrogens with zero attached hydrogens (tertiary/aromatic N) is 8. The van der Waals surface area contributed by atoms with Gasteiger partial charge in [-0.2, -0.15) is 15.3 Å². The van der Waals surface area contributed by atoms with E-state index in [-0.39, 0.29) is 5.82 Å². The molecule has 9 heteroatoms. The minimum Gasteiger partial charge on any atom is -0.306 e. The molecule has 1 saturated heterocycles. The van der Waals surface area contributed by atoms with E-state index in [2.05, 4.69) is 38.0 Å². The zero-order chi connectivity index (χ0) is 22.5. The van der Waals surface area contributed by atoms with Crippen LogP contribution in [0.25, 0.3) is 27.8 Å². The Labute approximate surface area is 190 Å². The topological polar surface area (TPSA) is 69.1 Å². The molecule has 6 rings (SSSR count). The lowest BCUT2D eigenvalue weighted by Crippen LogP contribution is -2.31. The van der Waals surface area contributed by atoms with Crippen LogP contribution in [0.5, 0.6) is 0 Å². The third-order valence-electron chi connectivity index (χ3n) is 6.68. The normalized spacial score (nSPS) is 15.7. The summed E-state index contributed by atoms with van der Waals surface area (Å²) in [5, 5.41) is 14.6. The second kappa shape index (κ2) is 7.77. The second-order valence-corrected chi connectivity index (χ2v) is 8.93. The first kappa shape index (κ1) is 20.0. The van der Waals surface area contributed by atoms with Gasteiger partial charge in [-0.05, 0) is 56.7 Å². The zero-order valence-corrected chi connectivity index (χ0v) is 18.7. The predicted octanol–water partition coefficient (Wildman–Crippen LogP) is 3.48. The highest BCUT2D eigenvalue weighted by atomic mass is 19.1. The number of halogens is 1. The van der Waals surface area contributed by atoms with Crippen molar-refractivity contribution in [2.75, 3.05) is 20.1 Å². The fourth-order valence-electron chi connectivity index (χ4n) is 4.68. The first-order chi connectivity index (χ1) is 16.0. The quantitative estimate of drug-likeness (QED) is 0.425. The molecule has 5 aromatic rings. The maximum absolute atomic E-state index is 14.8. The maximum Gasteiger partial charge on any atom is 0.153 e. The highest BCUT2D eigenvalue weighted by Crippen LogP contribution is 2.25. The Morgan fingerprint density at radius 1 is 1.03 bits per heavy atom. The summed E-state index contributed by atoms with van der Waals surface area (Å²) in [5.74, 6) is -0.253. The van der Waals surface area contributed by atoms with Gasteiger partial charge < -0.3 is 4.90 Å². The van der Waals surface area contributed by atoms with E-state index in [4.69, 9.17) is 5.10 Å². The van der Waals surface area contributed by atoms with Crippen LogP contribution in [0.3, 0.4) is 0 Å². The van der Waals surface area contributed by atoms with E-state index in [1.165, 1.54) is 6.07 Å². The van der Waals surface area contributed by atoms with Crippen LogP contribution in [0.4, 0.5) is 4.39 Å². The molecular formula is C24H25FN8. The number of piperidine rings is 1. The highest BCUT2D eigenvalue weighted by molar-refractivity contribution is 5.79. The SMILES string of the molecule is CN1CCC(n2cc(-c3ccc4ncc(Cc5cc6cnn(C)c6cc5F)n4n3)cn2)CC1. The van der Waals surface area contributed by atoms with Gasteiger partial charge in [0.15, 0.2) is 5.65 Å². The summed E-state index contributed by atoms with van der Waals surface area (Å²) in [6.07, 6.45) is 10.1. The Bertz CT molecular complexity index is 1450. The zero-order valence-electron chi connectivity index (χ0n) is 18.7. The maximum atomic E-state index is 14.8. The largest absolute Gasteiger partial charge is 0.306 e. The lowest BCUT2D eigenvalue weighted by molar-refractivity contribution is 0.212. The van der Waals surface area contributed by atoms with Gasteiger partial charge in [0.2, 0.25) is 0 Å². The molecule has 0 radical (unpaired) electrons. The molecule has 8 nitrogen and oxygen atoms in total. The monoisotopic (exact) mass is 444 g/mol. The molecule has 0 saturated carbocycles. The van der Waals surface area contributed by atoms with Crippen LogP contribution in [0.1, 0.15) is 30.1 Å². The minimum atomic E-state index is -0.253. The third kappa shape index (κ3) is 3.58. The molecular weight excluding hydrogens is 419 g/mol. The molecule has 4 aromatic heterocycles. The van der Waals surface area contributed by atoms with Gasteiger partial charge in [0.05, 0.1) is 41.5 Å². The fraction of sp³-hybridized carbons (Fsp3) is 0.333. The summed E-state index contributed by atoms with van der Waals surface area (Å²) in [6.45, 7) is 2.17. The van der Waals surface area contributed by atoms with Crippen molar-refractivity contribution in [3.63, 3.8) is 0 Å². The summed E-state index contributed by atoms with van der Waals surface area (Å²) in [4.78, 5) is 6.82. The van der Waals surface area contributed by atoms with Crippen LogP contribution in [0.15, 0.2) is 49.1 Å². The standard InChI is InChI=1S/C24H25FN8/c1-30-7-5-19(6-8-30)32-15-18(13-28-32)22-3-4-24-26-14-20(33(24)29-22)10-16-9-17-12-27-31(2)23(17)11-21(16)25/h3-4,9,11-15,19H,5-8,10H2,1-2H3. The van der Waals surface area contributed by atoms with Gasteiger partial charge in [-0.3, -0.25) is 9.36 Å². The van der Waals surface area contributed by atoms with E-state index >= 15 is 0 Å². The number of aryl methyl sites for hydroxylation is 1. The number of aromatic nitrogens is 7. The first-order valence-electron chi connectivity index (χ1n) is 11.2. The molecule has 1 aliphatic rings. The molecule has 0 bridgehead atoms. The van der Waals surface area contributed by atoms with Crippen LogP contribution < -0.4 is 0 Å². The smallest absolute Gasteiger partial charge is 0.153 e. The fourth-order valence-corrected chi connectivity index (χ4v) is 4.68. The van der Waals surface area contributed by atoms with Crippen molar-refractivity contribution in [1.82, 2.24) is 39.1 Å². The number of hydrogen-bond donors (Lipinski definition) is 0. The van der Waals surface area contributed by atoms with Crippen molar-refractivity contribution in [3.05, 3.63) is 66.1 Å². The van der Waals surface area contributed by atoms with Crippen molar-refractivity contribution >= 4 is 16.6 Å². The molecule has 1 aliphatic heterocycles. The van der Waals surface area contributed by atoms with Crippen molar-refractivity contribution in [1.29, 1.82) is 0 Å². The van der Waals surface area contributed by atoms with Crippen molar-refractivity contribution in [2.45, 2.75) is 25.3 Å². The number of rotatable bonds is 4. The van der Waals surface area contributed by atoms with E-state index < -0.39 is 0 Å². The van der Waals surface area contributed by atoms with Gasteiger partial charge in [0.1, 0.15) is 5.82 Å². The molecule has 0 N–H and O–H groups in total. The third-order valence-corrected chi connectivity index (χ3v) is 6.68. The van der Waals surface area contributed by atoms with E-state index in [0.29, 0.717) is 18.0 Å². The molecule has 1 fully saturated rings. The highest BCUT2D eigenvalue weighted by Gasteiger charge is 2.20. The van der Waals surface area contributed by atoms with Gasteiger partial charge in [0, 0.05) is 36.7 Å². The minimum absolute atomic E-state index is 0.253. The number of imidazole rings is 1. The molecule has 0 spiro atoms. The Kier molecular flexibility index (Phi) is 4.72. The Morgan fingerprint density at radius 2 is 1.88 bits per heavy atom. The number of hydrogen-bond acceptors (Lipinski definition) is 5. The molecule has 168 valence electrons. The average Bonchev–Trinajstić information content (AvgIpc) is 3.55. The molecule has 0 amide bonds. The lowest BCUT2D eigenvalue weighted by atomic mass is 10.1. The van der Waals surface area contributed by atoms with Gasteiger partial charge in [-0.1, -0.05) is 0 Å². The van der Waals surface area contributed by atoms with E-state index in [1.807, 2.05) is 31.4 Å². The number of benzene rings is 1. The summed E-state index contributed by atoms with van der Waals surface area (Å²) < 4.78 is 20.4. The van der Waals surface area contributed by atoms with Crippen LogP contribution in [-0.4, -0.2) is 59.2 Å². The Balaban J connectivity index is 1.31. The van der Waals surface area contributed by atoms with Crippen LogP contribution in [-0.2, 0) is 13.5 Å². The molecule has 33 heavy (non-hydrogen) atoms. The summed E-state index contributed by atoms with van der Waals surface area (Å²) in [6, 6.07) is 7.72. The van der Waals surface area contributed by atoms with Crippen LogP contribution >= 0.6 is 0 Å². The van der Waals surface area contributed by atoms with Crippen molar-refractivity contribution in [2.24, 2.45) is 7.05 Å².